The molecule has 20 heavy (non-hydrogen) atoms. The molecule has 0 bridgehead atoms. The van der Waals surface area contributed by atoms with Gasteiger partial charge < -0.3 is 5.32 Å². The van der Waals surface area contributed by atoms with Crippen molar-refractivity contribution in [2.45, 2.75) is 12.7 Å². The van der Waals surface area contributed by atoms with Crippen LogP contribution in [-0.2, 0) is 12.7 Å². The summed E-state index contributed by atoms with van der Waals surface area (Å²) in [7, 11) is 0. The highest BCUT2D eigenvalue weighted by Crippen LogP contribution is 2.32. The van der Waals surface area contributed by atoms with Gasteiger partial charge in [-0.15, -0.1) is 11.3 Å². The molecule has 1 aromatic carbocycles. The van der Waals surface area contributed by atoms with Gasteiger partial charge in [0.2, 0.25) is 0 Å². The highest BCUT2D eigenvalue weighted by molar-refractivity contribution is 7.16. The number of nitrogens with zero attached hydrogens (tertiary/aromatic N) is 1. The standard InChI is InChI=1S/C13H8ClF3N2S/c14-12-4-2-10(20-12)7-19-11-3-1-9(13(15,16)17)5-8(11)6-18/h1-5,19H,7H2. The normalized spacial score (nSPS) is 11.2. The summed E-state index contributed by atoms with van der Waals surface area (Å²) in [6.07, 6.45) is -4.45. The Labute approximate surface area is 122 Å². The first-order chi connectivity index (χ1) is 9.40. The van der Waals surface area contributed by atoms with Crippen LogP contribution in [0.5, 0.6) is 0 Å². The van der Waals surface area contributed by atoms with Crippen molar-refractivity contribution in [1.82, 2.24) is 0 Å². The first-order valence-corrected chi connectivity index (χ1v) is 6.69. The largest absolute Gasteiger partial charge is 0.416 e. The van der Waals surface area contributed by atoms with E-state index in [1.54, 1.807) is 12.1 Å². The third-order valence-corrected chi connectivity index (χ3v) is 3.78. The van der Waals surface area contributed by atoms with E-state index >= 15 is 0 Å². The number of nitrogens with one attached hydrogen (secondary N) is 1. The monoisotopic (exact) mass is 316 g/mol. The molecular formula is C13H8ClF3N2S. The molecule has 104 valence electrons. The average Bonchev–Trinajstić information content (AvgIpc) is 2.81. The lowest BCUT2D eigenvalue weighted by molar-refractivity contribution is -0.137. The molecule has 0 fully saturated rings. The summed E-state index contributed by atoms with van der Waals surface area (Å²) in [6, 6.07) is 8.36. The Bertz CT molecular complexity index is 658. The van der Waals surface area contributed by atoms with Crippen molar-refractivity contribution in [3.63, 3.8) is 0 Å². The van der Waals surface area contributed by atoms with Crippen molar-refractivity contribution in [1.29, 1.82) is 5.26 Å². The summed E-state index contributed by atoms with van der Waals surface area (Å²) in [6.45, 7) is 0.400. The Morgan fingerprint density at radius 1 is 1.25 bits per heavy atom. The van der Waals surface area contributed by atoms with E-state index in [-0.39, 0.29) is 5.56 Å². The van der Waals surface area contributed by atoms with Crippen LogP contribution in [0.25, 0.3) is 0 Å². The van der Waals surface area contributed by atoms with Gasteiger partial charge in [-0.05, 0) is 30.3 Å². The zero-order valence-corrected chi connectivity index (χ0v) is 11.5. The third-order valence-electron chi connectivity index (χ3n) is 2.55. The van der Waals surface area contributed by atoms with Gasteiger partial charge in [-0.3, -0.25) is 0 Å². The molecule has 2 nitrogen and oxygen atoms in total. The number of thiophene rings is 1. The van der Waals surface area contributed by atoms with Crippen LogP contribution in [0.15, 0.2) is 30.3 Å². The first kappa shape index (κ1) is 14.7. The van der Waals surface area contributed by atoms with E-state index in [2.05, 4.69) is 5.32 Å². The number of rotatable bonds is 3. The minimum absolute atomic E-state index is 0.0394. The van der Waals surface area contributed by atoms with Gasteiger partial charge in [0.1, 0.15) is 6.07 Å². The van der Waals surface area contributed by atoms with Gasteiger partial charge >= 0.3 is 6.18 Å². The van der Waals surface area contributed by atoms with Crippen molar-refractivity contribution < 1.29 is 13.2 Å². The van der Waals surface area contributed by atoms with Crippen molar-refractivity contribution in [3.05, 3.63) is 50.7 Å². The third kappa shape index (κ3) is 3.44. The maximum atomic E-state index is 12.5. The second-order valence-electron chi connectivity index (χ2n) is 3.93. The predicted octanol–water partition coefficient (Wildman–Crippen LogP) is 4.90. The van der Waals surface area contributed by atoms with E-state index in [9.17, 15) is 13.2 Å². The molecule has 0 atom stereocenters. The number of anilines is 1. The summed E-state index contributed by atoms with van der Waals surface area (Å²) < 4.78 is 38.3. The van der Waals surface area contributed by atoms with Gasteiger partial charge in [0.15, 0.2) is 0 Å². The van der Waals surface area contributed by atoms with E-state index in [4.69, 9.17) is 16.9 Å². The molecule has 1 N–H and O–H groups in total. The molecule has 7 heteroatoms. The maximum Gasteiger partial charge on any atom is 0.416 e. The Kier molecular flexibility index (Phi) is 4.21. The lowest BCUT2D eigenvalue weighted by Gasteiger charge is -2.11. The number of nitriles is 1. The van der Waals surface area contributed by atoms with Crippen LogP contribution in [0.4, 0.5) is 18.9 Å². The van der Waals surface area contributed by atoms with Crippen LogP contribution in [0.1, 0.15) is 16.0 Å². The molecule has 0 aliphatic heterocycles. The van der Waals surface area contributed by atoms with Crippen molar-refractivity contribution in [3.8, 4) is 6.07 Å². The molecule has 2 rings (SSSR count). The highest BCUT2D eigenvalue weighted by atomic mass is 35.5. The molecule has 0 aliphatic carbocycles. The topological polar surface area (TPSA) is 35.8 Å². The smallest absolute Gasteiger partial charge is 0.379 e. The molecule has 0 unspecified atom stereocenters. The average molecular weight is 317 g/mol. The van der Waals surface area contributed by atoms with Crippen molar-refractivity contribution in [2.75, 3.05) is 5.32 Å². The number of alkyl halides is 3. The van der Waals surface area contributed by atoms with Gasteiger partial charge in [0.05, 0.1) is 21.2 Å². The van der Waals surface area contributed by atoms with E-state index in [1.165, 1.54) is 17.4 Å². The molecule has 0 radical (unpaired) electrons. The lowest BCUT2D eigenvalue weighted by atomic mass is 10.1. The molecule has 0 aliphatic rings. The number of hydrogen-bond acceptors (Lipinski definition) is 3. The number of benzene rings is 1. The van der Waals surface area contributed by atoms with Gasteiger partial charge in [-0.25, -0.2) is 0 Å². The van der Waals surface area contributed by atoms with Crippen LogP contribution in [0.2, 0.25) is 4.34 Å². The van der Waals surface area contributed by atoms with E-state index < -0.39 is 11.7 Å². The second kappa shape index (κ2) is 5.73. The minimum atomic E-state index is -4.45. The summed E-state index contributed by atoms with van der Waals surface area (Å²) in [5.74, 6) is 0. The fourth-order valence-electron chi connectivity index (χ4n) is 1.60. The zero-order valence-electron chi connectivity index (χ0n) is 9.96. The Morgan fingerprint density at radius 2 is 2.00 bits per heavy atom. The van der Waals surface area contributed by atoms with Crippen LogP contribution >= 0.6 is 22.9 Å². The summed E-state index contributed by atoms with van der Waals surface area (Å²) in [5.41, 5.74) is -0.508. The van der Waals surface area contributed by atoms with Crippen LogP contribution in [0.3, 0.4) is 0 Å². The second-order valence-corrected chi connectivity index (χ2v) is 5.73. The Balaban J connectivity index is 2.18. The van der Waals surface area contributed by atoms with E-state index in [0.29, 0.717) is 16.6 Å². The van der Waals surface area contributed by atoms with Gasteiger partial charge in [0, 0.05) is 11.4 Å². The summed E-state index contributed by atoms with van der Waals surface area (Å²) in [4.78, 5) is 0.929. The molecule has 0 spiro atoms. The SMILES string of the molecule is N#Cc1cc(C(F)(F)F)ccc1NCc1ccc(Cl)s1. The van der Waals surface area contributed by atoms with Crippen LogP contribution < -0.4 is 5.32 Å². The molecule has 0 amide bonds. The Hall–Kier alpha value is -1.71. The Morgan fingerprint density at radius 3 is 2.55 bits per heavy atom. The van der Waals surface area contributed by atoms with E-state index in [1.807, 2.05) is 6.07 Å². The molecule has 2 aromatic rings. The fourth-order valence-corrected chi connectivity index (χ4v) is 2.62. The van der Waals surface area contributed by atoms with Crippen LogP contribution in [0, 0.1) is 11.3 Å². The lowest BCUT2D eigenvalue weighted by Crippen LogP contribution is -2.07. The highest BCUT2D eigenvalue weighted by Gasteiger charge is 2.31. The van der Waals surface area contributed by atoms with Gasteiger partial charge in [-0.1, -0.05) is 11.6 Å². The molecular weight excluding hydrogens is 309 g/mol. The number of hydrogen-bond donors (Lipinski definition) is 1. The van der Waals surface area contributed by atoms with E-state index in [0.717, 1.165) is 17.0 Å². The van der Waals surface area contributed by atoms with Crippen molar-refractivity contribution >= 4 is 28.6 Å². The molecule has 0 saturated carbocycles. The van der Waals surface area contributed by atoms with Gasteiger partial charge in [0.25, 0.3) is 0 Å². The zero-order chi connectivity index (χ0) is 14.8. The predicted molar refractivity (Wildman–Crippen MR) is 72.8 cm³/mol. The minimum Gasteiger partial charge on any atom is -0.379 e. The molecule has 0 saturated heterocycles. The molecule has 1 heterocycles. The first-order valence-electron chi connectivity index (χ1n) is 5.49. The quantitative estimate of drug-likeness (QED) is 0.873. The van der Waals surface area contributed by atoms with Gasteiger partial charge in [-0.2, -0.15) is 18.4 Å². The summed E-state index contributed by atoms with van der Waals surface area (Å²) >= 11 is 7.15. The number of halogens is 4. The fraction of sp³-hybridized carbons (Fsp3) is 0.154. The van der Waals surface area contributed by atoms with Crippen molar-refractivity contribution in [2.24, 2.45) is 0 Å². The maximum absolute atomic E-state index is 12.5. The van der Waals surface area contributed by atoms with Crippen LogP contribution in [-0.4, -0.2) is 0 Å². The summed E-state index contributed by atoms with van der Waals surface area (Å²) in [5, 5.41) is 11.9. The molecule has 1 aromatic heterocycles.